The summed E-state index contributed by atoms with van der Waals surface area (Å²) < 4.78 is 6.89. The summed E-state index contributed by atoms with van der Waals surface area (Å²) in [5.41, 5.74) is 2.37. The first-order valence-electron chi connectivity index (χ1n) is 10.6. The van der Waals surface area contributed by atoms with Crippen LogP contribution >= 0.6 is 11.6 Å². The van der Waals surface area contributed by atoms with Gasteiger partial charge in [-0.2, -0.15) is 0 Å². The predicted molar refractivity (Wildman–Crippen MR) is 126 cm³/mol. The molecule has 3 aromatic rings. The van der Waals surface area contributed by atoms with Crippen LogP contribution in [-0.4, -0.2) is 71.4 Å². The molecule has 1 saturated heterocycles. The van der Waals surface area contributed by atoms with Gasteiger partial charge in [0.2, 0.25) is 11.7 Å². The summed E-state index contributed by atoms with van der Waals surface area (Å²) in [6.45, 7) is 4.72. The van der Waals surface area contributed by atoms with Crippen molar-refractivity contribution in [3.05, 3.63) is 65.2 Å². The Hall–Kier alpha value is -3.43. The third-order valence-corrected chi connectivity index (χ3v) is 5.62. The lowest BCUT2D eigenvalue weighted by molar-refractivity contribution is -0.116. The van der Waals surface area contributed by atoms with Crippen LogP contribution in [0.2, 0.25) is 5.02 Å². The summed E-state index contributed by atoms with van der Waals surface area (Å²) in [4.78, 5) is 33.0. The van der Waals surface area contributed by atoms with Crippen LogP contribution in [0.5, 0.6) is 0 Å². The summed E-state index contributed by atoms with van der Waals surface area (Å²) in [7, 11) is 1.54. The van der Waals surface area contributed by atoms with Crippen molar-refractivity contribution < 1.29 is 14.3 Å². The molecular weight excluding hydrogens is 444 g/mol. The van der Waals surface area contributed by atoms with Crippen LogP contribution < -0.4 is 10.2 Å². The molecule has 1 aliphatic rings. The van der Waals surface area contributed by atoms with Crippen LogP contribution in [-0.2, 0) is 9.53 Å². The molecule has 33 heavy (non-hydrogen) atoms. The molecule has 0 spiro atoms. The molecule has 1 N–H and O–H groups in total. The van der Waals surface area contributed by atoms with Crippen molar-refractivity contribution in [3.63, 3.8) is 0 Å². The number of amides is 2. The molecule has 0 atom stereocenters. The number of aromatic nitrogens is 3. The highest BCUT2D eigenvalue weighted by atomic mass is 35.5. The molecule has 0 saturated carbocycles. The molecule has 1 aromatic heterocycles. The molecule has 0 unspecified atom stereocenters. The number of ether oxygens (including phenoxy) is 1. The third-order valence-electron chi connectivity index (χ3n) is 5.30. The van der Waals surface area contributed by atoms with E-state index in [9.17, 15) is 9.59 Å². The summed E-state index contributed by atoms with van der Waals surface area (Å²) in [5.74, 6) is -0.254. The van der Waals surface area contributed by atoms with E-state index in [1.807, 2.05) is 36.4 Å². The number of rotatable bonds is 6. The molecule has 9 nitrogen and oxygen atoms in total. The number of hydrogen-bond donors (Lipinski definition) is 1. The van der Waals surface area contributed by atoms with Crippen LogP contribution in [0, 0.1) is 6.92 Å². The number of halogens is 1. The Balaban J connectivity index is 1.36. The van der Waals surface area contributed by atoms with Crippen LogP contribution in [0.1, 0.15) is 16.4 Å². The SMILES string of the molecule is Cc1nc(C(=O)N(C)CC(=O)Nc2ccc(N3CCOCC3)cc2)nn1-c1ccccc1Cl. The molecule has 4 rings (SSSR count). The zero-order valence-electron chi connectivity index (χ0n) is 18.5. The van der Waals surface area contributed by atoms with Crippen LogP contribution in [0.15, 0.2) is 48.5 Å². The first-order valence-corrected chi connectivity index (χ1v) is 11.0. The van der Waals surface area contributed by atoms with Crippen molar-refractivity contribution in [3.8, 4) is 5.69 Å². The first kappa shape index (κ1) is 22.8. The minimum atomic E-state index is -0.457. The highest BCUT2D eigenvalue weighted by Crippen LogP contribution is 2.21. The van der Waals surface area contributed by atoms with E-state index in [-0.39, 0.29) is 18.3 Å². The number of likely N-dealkylation sites (N-methyl/N-ethyl adjacent to an activating group) is 1. The largest absolute Gasteiger partial charge is 0.378 e. The molecule has 2 heterocycles. The smallest absolute Gasteiger partial charge is 0.293 e. The van der Waals surface area contributed by atoms with Gasteiger partial charge in [0, 0.05) is 31.5 Å². The van der Waals surface area contributed by atoms with Crippen molar-refractivity contribution in [1.82, 2.24) is 19.7 Å². The maximum atomic E-state index is 12.8. The molecule has 1 aliphatic heterocycles. The Kier molecular flexibility index (Phi) is 6.90. The number of morpholine rings is 1. The van der Waals surface area contributed by atoms with Crippen molar-refractivity contribution >= 4 is 34.8 Å². The quantitative estimate of drug-likeness (QED) is 0.598. The molecule has 1 fully saturated rings. The van der Waals surface area contributed by atoms with Gasteiger partial charge in [0.15, 0.2) is 0 Å². The van der Waals surface area contributed by atoms with E-state index in [0.29, 0.717) is 35.4 Å². The summed E-state index contributed by atoms with van der Waals surface area (Å²) in [5, 5.41) is 7.61. The summed E-state index contributed by atoms with van der Waals surface area (Å²) in [6, 6.07) is 14.8. The number of hydrogen-bond acceptors (Lipinski definition) is 6. The van der Waals surface area contributed by atoms with Gasteiger partial charge in [-0.25, -0.2) is 9.67 Å². The Morgan fingerprint density at radius 1 is 1.12 bits per heavy atom. The number of nitrogens with one attached hydrogen (secondary N) is 1. The standard InChI is InChI=1S/C23H25ClN6O3/c1-16-25-22(27-30(16)20-6-4-3-5-19(20)24)23(32)28(2)15-21(31)26-17-7-9-18(10-8-17)29-11-13-33-14-12-29/h3-10H,11-15H2,1-2H3,(H,26,31). The molecule has 172 valence electrons. The van der Waals surface area contributed by atoms with E-state index in [0.717, 1.165) is 18.8 Å². The van der Waals surface area contributed by atoms with E-state index < -0.39 is 5.91 Å². The van der Waals surface area contributed by atoms with Crippen molar-refractivity contribution in [2.24, 2.45) is 0 Å². The van der Waals surface area contributed by atoms with Crippen molar-refractivity contribution in [1.29, 1.82) is 0 Å². The fraction of sp³-hybridized carbons (Fsp3) is 0.304. The lowest BCUT2D eigenvalue weighted by atomic mass is 10.2. The van der Waals surface area contributed by atoms with Crippen LogP contribution in [0.3, 0.4) is 0 Å². The zero-order chi connectivity index (χ0) is 23.4. The Morgan fingerprint density at radius 2 is 1.82 bits per heavy atom. The van der Waals surface area contributed by atoms with E-state index in [1.165, 1.54) is 16.6 Å². The Bertz CT molecular complexity index is 1140. The second kappa shape index (κ2) is 10.0. The average molecular weight is 469 g/mol. The lowest BCUT2D eigenvalue weighted by Gasteiger charge is -2.28. The molecule has 2 aromatic carbocycles. The van der Waals surface area contributed by atoms with Crippen molar-refractivity contribution in [2.45, 2.75) is 6.92 Å². The average Bonchev–Trinajstić information content (AvgIpc) is 3.21. The van der Waals surface area contributed by atoms with Gasteiger partial charge < -0.3 is 19.9 Å². The van der Waals surface area contributed by atoms with Crippen LogP contribution in [0.25, 0.3) is 5.69 Å². The maximum Gasteiger partial charge on any atom is 0.293 e. The van der Waals surface area contributed by atoms with Gasteiger partial charge in [0.1, 0.15) is 5.82 Å². The summed E-state index contributed by atoms with van der Waals surface area (Å²) in [6.07, 6.45) is 0. The second-order valence-electron chi connectivity index (χ2n) is 7.70. The fourth-order valence-corrected chi connectivity index (χ4v) is 3.78. The zero-order valence-corrected chi connectivity index (χ0v) is 19.2. The van der Waals surface area contributed by atoms with Gasteiger partial charge in [-0.05, 0) is 43.3 Å². The molecule has 2 amide bonds. The number of aryl methyl sites for hydroxylation is 1. The maximum absolute atomic E-state index is 12.8. The lowest BCUT2D eigenvalue weighted by Crippen LogP contribution is -2.36. The van der Waals surface area contributed by atoms with Gasteiger partial charge >= 0.3 is 0 Å². The number of carbonyl (C=O) groups is 2. The normalized spacial score (nSPS) is 13.6. The number of nitrogens with zero attached hydrogens (tertiary/aromatic N) is 5. The number of benzene rings is 2. The van der Waals surface area contributed by atoms with Gasteiger partial charge in [-0.3, -0.25) is 9.59 Å². The van der Waals surface area contributed by atoms with Gasteiger partial charge in [-0.1, -0.05) is 23.7 Å². The Labute approximate surface area is 196 Å². The van der Waals surface area contributed by atoms with E-state index >= 15 is 0 Å². The molecule has 10 heteroatoms. The van der Waals surface area contributed by atoms with E-state index in [1.54, 1.807) is 19.1 Å². The monoisotopic (exact) mass is 468 g/mol. The molecule has 0 radical (unpaired) electrons. The van der Waals surface area contributed by atoms with Crippen LogP contribution in [0.4, 0.5) is 11.4 Å². The molecular formula is C23H25ClN6O3. The van der Waals surface area contributed by atoms with Gasteiger partial charge in [-0.15, -0.1) is 5.10 Å². The first-order chi connectivity index (χ1) is 15.9. The number of anilines is 2. The highest BCUT2D eigenvalue weighted by Gasteiger charge is 2.21. The Morgan fingerprint density at radius 3 is 2.52 bits per heavy atom. The van der Waals surface area contributed by atoms with E-state index in [2.05, 4.69) is 20.3 Å². The minimum Gasteiger partial charge on any atom is -0.378 e. The van der Waals surface area contributed by atoms with E-state index in [4.69, 9.17) is 16.3 Å². The minimum absolute atomic E-state index is 0.00224. The van der Waals surface area contributed by atoms with Gasteiger partial charge in [0.05, 0.1) is 30.5 Å². The highest BCUT2D eigenvalue weighted by molar-refractivity contribution is 6.32. The summed E-state index contributed by atoms with van der Waals surface area (Å²) >= 11 is 6.24. The second-order valence-corrected chi connectivity index (χ2v) is 8.11. The number of para-hydroxylation sites is 1. The molecule has 0 aliphatic carbocycles. The van der Waals surface area contributed by atoms with Gasteiger partial charge in [0.25, 0.3) is 5.91 Å². The van der Waals surface area contributed by atoms with Crippen molar-refractivity contribution in [2.75, 3.05) is 50.1 Å². The molecule has 0 bridgehead atoms. The fourth-order valence-electron chi connectivity index (χ4n) is 3.57. The third kappa shape index (κ3) is 5.32. The topological polar surface area (TPSA) is 92.6 Å². The number of carbonyl (C=O) groups excluding carboxylic acids is 2. The predicted octanol–water partition coefficient (Wildman–Crippen LogP) is 2.78.